The standard InChI is InChI=1S/C23H27N7O2/c1-24-23(27-12-15-3-7-18(8-4-15)30-14-25-13-28-30)26-9-2-10-29-21(31)19-16-5-6-17(11-16)20(19)22(29)32/h3-8,13-14,16-17,19-20H,2,9-12H2,1H3,(H2,24,26,27). The lowest BCUT2D eigenvalue weighted by molar-refractivity contribution is -0.140. The quantitative estimate of drug-likeness (QED) is 0.223. The Bertz CT molecular complexity index is 1010. The van der Waals surface area contributed by atoms with Crippen LogP contribution in [0.4, 0.5) is 0 Å². The van der Waals surface area contributed by atoms with Crippen molar-refractivity contribution in [2.24, 2.45) is 28.7 Å². The van der Waals surface area contributed by atoms with Crippen LogP contribution in [0.3, 0.4) is 0 Å². The highest BCUT2D eigenvalue weighted by Gasteiger charge is 2.58. The molecular formula is C23H27N7O2. The second-order valence-electron chi connectivity index (χ2n) is 8.54. The van der Waals surface area contributed by atoms with Crippen molar-refractivity contribution in [2.75, 3.05) is 20.1 Å². The third-order valence-electron chi connectivity index (χ3n) is 6.72. The largest absolute Gasteiger partial charge is 0.356 e. The lowest BCUT2D eigenvalue weighted by Crippen LogP contribution is -2.39. The topological polar surface area (TPSA) is 105 Å². The number of carbonyl (C=O) groups excluding carboxylic acids is 2. The first-order chi connectivity index (χ1) is 15.7. The van der Waals surface area contributed by atoms with Gasteiger partial charge >= 0.3 is 0 Å². The molecule has 1 aromatic carbocycles. The van der Waals surface area contributed by atoms with Gasteiger partial charge in [0.05, 0.1) is 17.5 Å². The van der Waals surface area contributed by atoms with Gasteiger partial charge in [0.15, 0.2) is 5.96 Å². The number of allylic oxidation sites excluding steroid dienone is 2. The molecule has 0 spiro atoms. The van der Waals surface area contributed by atoms with Gasteiger partial charge in [0.2, 0.25) is 11.8 Å². The number of fused-ring (bicyclic) bond motifs is 5. The molecule has 9 nitrogen and oxygen atoms in total. The third-order valence-corrected chi connectivity index (χ3v) is 6.72. The zero-order chi connectivity index (χ0) is 22.1. The molecule has 0 radical (unpaired) electrons. The molecule has 1 aromatic heterocycles. The Morgan fingerprint density at radius 2 is 1.81 bits per heavy atom. The van der Waals surface area contributed by atoms with Gasteiger partial charge in [0.25, 0.3) is 0 Å². The zero-order valence-electron chi connectivity index (χ0n) is 18.0. The van der Waals surface area contributed by atoms with Crippen LogP contribution in [0, 0.1) is 23.7 Å². The molecule has 1 saturated carbocycles. The Kier molecular flexibility index (Phi) is 5.46. The molecule has 2 bridgehead atoms. The van der Waals surface area contributed by atoms with E-state index < -0.39 is 0 Å². The van der Waals surface area contributed by atoms with E-state index in [1.807, 2.05) is 24.3 Å². The van der Waals surface area contributed by atoms with Crippen molar-refractivity contribution in [2.45, 2.75) is 19.4 Å². The first-order valence-electron chi connectivity index (χ1n) is 11.1. The SMILES string of the molecule is CN=C(NCCCN1C(=O)C2C3C=CC(C3)C2C1=O)NCc1ccc(-n2cncn2)cc1. The molecule has 4 unspecified atom stereocenters. The summed E-state index contributed by atoms with van der Waals surface area (Å²) in [5, 5.41) is 10.7. The molecule has 2 aromatic rings. The van der Waals surface area contributed by atoms with Gasteiger partial charge in [-0.05, 0) is 42.4 Å². The maximum atomic E-state index is 12.7. The Balaban J connectivity index is 1.06. The Labute approximate surface area is 186 Å². The molecule has 2 heterocycles. The molecule has 32 heavy (non-hydrogen) atoms. The molecular weight excluding hydrogens is 406 g/mol. The smallest absolute Gasteiger partial charge is 0.233 e. The second-order valence-corrected chi connectivity index (χ2v) is 8.54. The van der Waals surface area contributed by atoms with E-state index in [1.54, 1.807) is 18.1 Å². The van der Waals surface area contributed by atoms with E-state index in [9.17, 15) is 9.59 Å². The van der Waals surface area contributed by atoms with Gasteiger partial charge < -0.3 is 10.6 Å². The number of aromatic nitrogens is 3. The van der Waals surface area contributed by atoms with Crippen LogP contribution < -0.4 is 10.6 Å². The highest BCUT2D eigenvalue weighted by atomic mass is 16.2. The monoisotopic (exact) mass is 433 g/mol. The van der Waals surface area contributed by atoms with Crippen molar-refractivity contribution >= 4 is 17.8 Å². The summed E-state index contributed by atoms with van der Waals surface area (Å²) >= 11 is 0. The average molecular weight is 434 g/mol. The minimum atomic E-state index is -0.115. The number of nitrogens with one attached hydrogen (secondary N) is 2. The lowest BCUT2D eigenvalue weighted by atomic mass is 9.85. The van der Waals surface area contributed by atoms with E-state index in [2.05, 4.69) is 37.9 Å². The number of imide groups is 1. The molecule has 2 aliphatic carbocycles. The van der Waals surface area contributed by atoms with Crippen molar-refractivity contribution in [3.05, 3.63) is 54.6 Å². The molecule has 4 atom stereocenters. The molecule has 2 amide bonds. The molecule has 166 valence electrons. The Hall–Kier alpha value is -3.49. The number of hydrogen-bond donors (Lipinski definition) is 2. The summed E-state index contributed by atoms with van der Waals surface area (Å²) in [6.07, 6.45) is 9.07. The van der Waals surface area contributed by atoms with Gasteiger partial charge in [-0.2, -0.15) is 5.10 Å². The number of carbonyl (C=O) groups is 2. The Morgan fingerprint density at radius 1 is 1.09 bits per heavy atom. The van der Waals surface area contributed by atoms with Gasteiger partial charge in [0.1, 0.15) is 12.7 Å². The van der Waals surface area contributed by atoms with E-state index in [4.69, 9.17) is 0 Å². The van der Waals surface area contributed by atoms with E-state index in [0.29, 0.717) is 32.0 Å². The summed E-state index contributed by atoms with van der Waals surface area (Å²) in [5.74, 6) is 1.02. The fourth-order valence-electron chi connectivity index (χ4n) is 5.14. The summed E-state index contributed by atoms with van der Waals surface area (Å²) in [7, 11) is 1.72. The second kappa shape index (κ2) is 8.57. The maximum Gasteiger partial charge on any atom is 0.233 e. The molecule has 1 aliphatic heterocycles. The van der Waals surface area contributed by atoms with Crippen molar-refractivity contribution < 1.29 is 9.59 Å². The Morgan fingerprint density at radius 3 is 2.44 bits per heavy atom. The van der Waals surface area contributed by atoms with Gasteiger partial charge in [-0.3, -0.25) is 19.5 Å². The number of likely N-dealkylation sites (tertiary alicyclic amines) is 1. The number of guanidine groups is 1. The highest BCUT2D eigenvalue weighted by molar-refractivity contribution is 6.06. The van der Waals surface area contributed by atoms with Gasteiger partial charge in [-0.25, -0.2) is 9.67 Å². The minimum Gasteiger partial charge on any atom is -0.356 e. The molecule has 3 aliphatic rings. The fourth-order valence-corrected chi connectivity index (χ4v) is 5.14. The summed E-state index contributed by atoms with van der Waals surface area (Å²) < 4.78 is 1.71. The van der Waals surface area contributed by atoms with E-state index >= 15 is 0 Å². The third kappa shape index (κ3) is 3.68. The van der Waals surface area contributed by atoms with E-state index in [0.717, 1.165) is 17.7 Å². The first-order valence-corrected chi connectivity index (χ1v) is 11.1. The zero-order valence-corrected chi connectivity index (χ0v) is 18.0. The summed E-state index contributed by atoms with van der Waals surface area (Å²) in [4.78, 5) is 35.2. The number of aliphatic imine (C=N–C) groups is 1. The maximum absolute atomic E-state index is 12.7. The van der Waals surface area contributed by atoms with Crippen LogP contribution in [0.1, 0.15) is 18.4 Å². The lowest BCUT2D eigenvalue weighted by Gasteiger charge is -2.18. The van der Waals surface area contributed by atoms with Crippen molar-refractivity contribution in [1.82, 2.24) is 30.3 Å². The summed E-state index contributed by atoms with van der Waals surface area (Å²) in [5.41, 5.74) is 2.06. The molecule has 2 fully saturated rings. The first kappa shape index (κ1) is 20.4. The summed E-state index contributed by atoms with van der Waals surface area (Å²) in [6, 6.07) is 8.04. The van der Waals surface area contributed by atoms with Crippen molar-refractivity contribution in [3.8, 4) is 5.69 Å². The molecule has 2 N–H and O–H groups in total. The van der Waals surface area contributed by atoms with E-state index in [1.165, 1.54) is 11.2 Å². The van der Waals surface area contributed by atoms with Gasteiger partial charge in [-0.15, -0.1) is 0 Å². The number of amides is 2. The van der Waals surface area contributed by atoms with Crippen molar-refractivity contribution in [3.63, 3.8) is 0 Å². The average Bonchev–Trinajstić information content (AvgIpc) is 3.60. The number of nitrogens with zero attached hydrogens (tertiary/aromatic N) is 5. The number of rotatable bonds is 7. The van der Waals surface area contributed by atoms with Crippen LogP contribution in [0.25, 0.3) is 5.69 Å². The van der Waals surface area contributed by atoms with Crippen LogP contribution in [0.15, 0.2) is 54.1 Å². The van der Waals surface area contributed by atoms with Crippen LogP contribution >= 0.6 is 0 Å². The highest BCUT2D eigenvalue weighted by Crippen LogP contribution is 2.52. The molecule has 5 rings (SSSR count). The van der Waals surface area contributed by atoms with Crippen LogP contribution in [0.2, 0.25) is 0 Å². The van der Waals surface area contributed by atoms with Crippen LogP contribution in [-0.2, 0) is 16.1 Å². The van der Waals surface area contributed by atoms with Crippen LogP contribution in [0.5, 0.6) is 0 Å². The minimum absolute atomic E-state index is 0.0219. The van der Waals surface area contributed by atoms with Gasteiger partial charge in [0, 0.05) is 26.7 Å². The van der Waals surface area contributed by atoms with Gasteiger partial charge in [-0.1, -0.05) is 24.3 Å². The normalized spacial score (nSPS) is 26.2. The predicted octanol–water partition coefficient (Wildman–Crippen LogP) is 1.13. The van der Waals surface area contributed by atoms with E-state index in [-0.39, 0.29) is 35.5 Å². The predicted molar refractivity (Wildman–Crippen MR) is 119 cm³/mol. The van der Waals surface area contributed by atoms with Crippen LogP contribution in [-0.4, -0.2) is 57.6 Å². The number of hydrogen-bond acceptors (Lipinski definition) is 5. The fraction of sp³-hybridized carbons (Fsp3) is 0.435. The molecule has 1 saturated heterocycles. The summed E-state index contributed by atoms with van der Waals surface area (Å²) in [6.45, 7) is 1.71. The van der Waals surface area contributed by atoms with Crippen molar-refractivity contribution in [1.29, 1.82) is 0 Å². The molecule has 9 heteroatoms. The number of benzene rings is 1.